The van der Waals surface area contributed by atoms with E-state index < -0.39 is 0 Å². The van der Waals surface area contributed by atoms with Crippen molar-refractivity contribution in [2.75, 3.05) is 20.3 Å². The van der Waals surface area contributed by atoms with Crippen LogP contribution in [0.15, 0.2) is 0 Å². The van der Waals surface area contributed by atoms with Crippen molar-refractivity contribution in [3.63, 3.8) is 0 Å². The SMILES string of the molecule is COC1(c2nc(C3CC3)c(CNC3CC3)s2)CCOCC1. The Morgan fingerprint density at radius 2 is 2.05 bits per heavy atom. The molecule has 2 aliphatic carbocycles. The van der Waals surface area contributed by atoms with Crippen LogP contribution in [0, 0.1) is 0 Å². The standard InChI is InChI=1S/C16H24N2O2S/c1-19-16(6-8-20-9-7-16)15-18-14(11-2-3-11)13(21-15)10-17-12-4-5-12/h11-12,17H,2-10H2,1H3. The number of rotatable bonds is 6. The fraction of sp³-hybridized carbons (Fsp3) is 0.812. The van der Waals surface area contributed by atoms with E-state index in [0.717, 1.165) is 38.6 Å². The van der Waals surface area contributed by atoms with Crippen LogP contribution in [0.25, 0.3) is 0 Å². The highest BCUT2D eigenvalue weighted by atomic mass is 32.1. The molecule has 1 aromatic rings. The first-order valence-corrected chi connectivity index (χ1v) is 8.99. The van der Waals surface area contributed by atoms with E-state index in [1.54, 1.807) is 0 Å². The van der Waals surface area contributed by atoms with Crippen LogP contribution in [0.3, 0.4) is 0 Å². The lowest BCUT2D eigenvalue weighted by molar-refractivity contribution is -0.0948. The lowest BCUT2D eigenvalue weighted by atomic mass is 9.95. The molecule has 4 nitrogen and oxygen atoms in total. The third-order valence-electron chi connectivity index (χ3n) is 4.90. The smallest absolute Gasteiger partial charge is 0.125 e. The van der Waals surface area contributed by atoms with E-state index in [9.17, 15) is 0 Å². The molecule has 4 rings (SSSR count). The Morgan fingerprint density at radius 3 is 2.67 bits per heavy atom. The van der Waals surface area contributed by atoms with Crippen molar-refractivity contribution in [1.82, 2.24) is 10.3 Å². The topological polar surface area (TPSA) is 43.4 Å². The minimum absolute atomic E-state index is 0.204. The van der Waals surface area contributed by atoms with E-state index in [1.165, 1.54) is 41.3 Å². The molecule has 2 heterocycles. The summed E-state index contributed by atoms with van der Waals surface area (Å²) in [5.74, 6) is 0.708. The average Bonchev–Trinajstić information content (AvgIpc) is 3.45. The van der Waals surface area contributed by atoms with E-state index in [0.29, 0.717) is 5.92 Å². The first-order chi connectivity index (χ1) is 10.3. The van der Waals surface area contributed by atoms with Crippen LogP contribution in [-0.4, -0.2) is 31.3 Å². The Labute approximate surface area is 130 Å². The molecule has 2 saturated carbocycles. The van der Waals surface area contributed by atoms with Crippen LogP contribution in [0.1, 0.15) is 60.0 Å². The number of hydrogen-bond donors (Lipinski definition) is 1. The maximum atomic E-state index is 5.92. The van der Waals surface area contributed by atoms with Gasteiger partial charge >= 0.3 is 0 Å². The molecule has 0 aromatic carbocycles. The molecule has 1 N–H and O–H groups in total. The van der Waals surface area contributed by atoms with E-state index in [2.05, 4.69) is 5.32 Å². The van der Waals surface area contributed by atoms with Crippen molar-refractivity contribution in [2.24, 2.45) is 0 Å². The quantitative estimate of drug-likeness (QED) is 0.877. The summed E-state index contributed by atoms with van der Waals surface area (Å²) < 4.78 is 11.4. The fourth-order valence-corrected chi connectivity index (χ4v) is 4.41. The number of aromatic nitrogens is 1. The zero-order valence-corrected chi connectivity index (χ0v) is 13.5. The lowest BCUT2D eigenvalue weighted by Gasteiger charge is -2.33. The number of ether oxygens (including phenoxy) is 2. The van der Waals surface area contributed by atoms with Crippen LogP contribution in [0.4, 0.5) is 0 Å². The zero-order chi connectivity index (χ0) is 14.3. The zero-order valence-electron chi connectivity index (χ0n) is 12.7. The normalized spacial score (nSPS) is 25.2. The minimum Gasteiger partial charge on any atom is -0.381 e. The van der Waals surface area contributed by atoms with Crippen LogP contribution in [0.2, 0.25) is 0 Å². The third kappa shape index (κ3) is 2.89. The molecule has 1 saturated heterocycles. The number of methoxy groups -OCH3 is 1. The van der Waals surface area contributed by atoms with Crippen LogP contribution < -0.4 is 5.32 Å². The van der Waals surface area contributed by atoms with Crippen LogP contribution in [0.5, 0.6) is 0 Å². The summed E-state index contributed by atoms with van der Waals surface area (Å²) in [4.78, 5) is 6.48. The Bertz CT molecular complexity index is 502. The molecule has 0 spiro atoms. The van der Waals surface area contributed by atoms with Crippen molar-refractivity contribution in [3.8, 4) is 0 Å². The van der Waals surface area contributed by atoms with Gasteiger partial charge < -0.3 is 14.8 Å². The largest absolute Gasteiger partial charge is 0.381 e. The predicted molar refractivity (Wildman–Crippen MR) is 82.7 cm³/mol. The molecule has 3 fully saturated rings. The molecule has 3 aliphatic rings. The molecule has 5 heteroatoms. The first-order valence-electron chi connectivity index (χ1n) is 8.17. The van der Waals surface area contributed by atoms with Crippen molar-refractivity contribution < 1.29 is 9.47 Å². The van der Waals surface area contributed by atoms with Gasteiger partial charge in [0.2, 0.25) is 0 Å². The lowest BCUT2D eigenvalue weighted by Crippen LogP contribution is -2.35. The van der Waals surface area contributed by atoms with Gasteiger partial charge in [0, 0.05) is 56.5 Å². The molecule has 1 aliphatic heterocycles. The van der Waals surface area contributed by atoms with Gasteiger partial charge in [0.25, 0.3) is 0 Å². The van der Waals surface area contributed by atoms with Crippen LogP contribution in [-0.2, 0) is 21.6 Å². The monoisotopic (exact) mass is 308 g/mol. The molecule has 0 radical (unpaired) electrons. The van der Waals surface area contributed by atoms with Crippen molar-refractivity contribution >= 4 is 11.3 Å². The average molecular weight is 308 g/mol. The van der Waals surface area contributed by atoms with Crippen LogP contribution >= 0.6 is 11.3 Å². The summed E-state index contributed by atoms with van der Waals surface area (Å²) in [5.41, 5.74) is 1.15. The van der Waals surface area contributed by atoms with Crippen molar-refractivity contribution in [3.05, 3.63) is 15.6 Å². The first kappa shape index (κ1) is 14.1. The maximum absolute atomic E-state index is 5.92. The van der Waals surface area contributed by atoms with E-state index in [-0.39, 0.29) is 5.60 Å². The second kappa shape index (κ2) is 5.61. The van der Waals surface area contributed by atoms with Gasteiger partial charge in [-0.2, -0.15) is 0 Å². The van der Waals surface area contributed by atoms with Crippen molar-refractivity contribution in [2.45, 2.75) is 62.6 Å². The molecular formula is C16H24N2O2S. The Kier molecular flexibility index (Phi) is 3.78. The van der Waals surface area contributed by atoms with E-state index >= 15 is 0 Å². The molecule has 1 aromatic heterocycles. The summed E-state index contributed by atoms with van der Waals surface area (Å²) in [5, 5.41) is 4.83. The predicted octanol–water partition coefficient (Wildman–Crippen LogP) is 2.92. The Hall–Kier alpha value is -0.490. The Balaban J connectivity index is 1.59. The summed E-state index contributed by atoms with van der Waals surface area (Å²) in [7, 11) is 1.83. The van der Waals surface area contributed by atoms with Gasteiger partial charge in [-0.1, -0.05) is 0 Å². The molecule has 0 amide bonds. The maximum Gasteiger partial charge on any atom is 0.125 e. The van der Waals surface area contributed by atoms with E-state index in [1.807, 2.05) is 18.4 Å². The Morgan fingerprint density at radius 1 is 1.29 bits per heavy atom. The summed E-state index contributed by atoms with van der Waals surface area (Å²) in [6.07, 6.45) is 7.14. The highest BCUT2D eigenvalue weighted by molar-refractivity contribution is 7.11. The number of nitrogens with zero attached hydrogens (tertiary/aromatic N) is 1. The highest BCUT2D eigenvalue weighted by Gasteiger charge is 2.40. The number of thiazole rings is 1. The molecular weight excluding hydrogens is 284 g/mol. The summed E-state index contributed by atoms with van der Waals surface area (Å²) >= 11 is 1.87. The van der Waals surface area contributed by atoms with Gasteiger partial charge in [0.15, 0.2) is 0 Å². The second-order valence-electron chi connectivity index (χ2n) is 6.57. The number of hydrogen-bond acceptors (Lipinski definition) is 5. The van der Waals surface area contributed by atoms with Gasteiger partial charge in [-0.3, -0.25) is 0 Å². The molecule has 21 heavy (non-hydrogen) atoms. The second-order valence-corrected chi connectivity index (χ2v) is 7.65. The summed E-state index contributed by atoms with van der Waals surface area (Å²) in [6.45, 7) is 2.55. The molecule has 0 unspecified atom stereocenters. The molecule has 116 valence electrons. The number of nitrogens with one attached hydrogen (secondary N) is 1. The van der Waals surface area contributed by atoms with Crippen molar-refractivity contribution in [1.29, 1.82) is 0 Å². The minimum atomic E-state index is -0.204. The van der Waals surface area contributed by atoms with Gasteiger partial charge in [-0.25, -0.2) is 4.98 Å². The molecule has 0 atom stereocenters. The molecule has 0 bridgehead atoms. The highest BCUT2D eigenvalue weighted by Crippen LogP contribution is 2.46. The van der Waals surface area contributed by atoms with Gasteiger partial charge in [-0.15, -0.1) is 11.3 Å². The third-order valence-corrected chi connectivity index (χ3v) is 6.16. The van der Waals surface area contributed by atoms with Gasteiger partial charge in [0.1, 0.15) is 10.6 Å². The summed E-state index contributed by atoms with van der Waals surface area (Å²) in [6, 6.07) is 0.752. The van der Waals surface area contributed by atoms with Gasteiger partial charge in [0.05, 0.1) is 5.69 Å². The van der Waals surface area contributed by atoms with E-state index in [4.69, 9.17) is 14.5 Å². The fourth-order valence-electron chi connectivity index (χ4n) is 3.09. The van der Waals surface area contributed by atoms with Gasteiger partial charge in [-0.05, 0) is 25.7 Å².